The van der Waals surface area contributed by atoms with Crippen LogP contribution in [0.1, 0.15) is 0 Å². The number of aromatic nitrogens is 3. The number of hydrogen-bond acceptors (Lipinski definition) is 6. The van der Waals surface area contributed by atoms with Crippen LogP contribution in [-0.2, 0) is 0 Å². The summed E-state index contributed by atoms with van der Waals surface area (Å²) in [4.78, 5) is 0. The third kappa shape index (κ3) is 1.50. The minimum atomic E-state index is 0.131. The molecule has 0 radical (unpaired) electrons. The quantitative estimate of drug-likeness (QED) is 0.363. The Labute approximate surface area is 85.6 Å². The van der Waals surface area contributed by atoms with Gasteiger partial charge in [0.1, 0.15) is 0 Å². The lowest BCUT2D eigenvalue weighted by Crippen LogP contribution is -2.13. The number of anilines is 3. The molecule has 1 aromatic heterocycles. The normalized spacial score (nSPS) is 10.4. The van der Waals surface area contributed by atoms with Crippen molar-refractivity contribution in [2.45, 2.75) is 0 Å². The van der Waals surface area contributed by atoms with Crippen molar-refractivity contribution < 1.29 is 0 Å². The summed E-state index contributed by atoms with van der Waals surface area (Å²) in [7, 11) is 0. The van der Waals surface area contributed by atoms with Crippen LogP contribution >= 0.6 is 0 Å². The number of rotatable bonds is 1. The average Bonchev–Trinajstić information content (AvgIpc) is 2.46. The van der Waals surface area contributed by atoms with Gasteiger partial charge in [0.05, 0.1) is 0 Å². The molecule has 0 unspecified atom stereocenters. The third-order valence-electron chi connectivity index (χ3n) is 1.96. The molecule has 0 bridgehead atoms. The minimum absolute atomic E-state index is 0.131. The van der Waals surface area contributed by atoms with Crippen molar-refractivity contribution >= 4 is 17.3 Å². The highest BCUT2D eigenvalue weighted by Crippen LogP contribution is 2.22. The van der Waals surface area contributed by atoms with Gasteiger partial charge in [-0.3, -0.25) is 0 Å². The standard InChI is InChI=1S/C8H11N7/c9-5-1-4(2-6(10)3-5)7-13-14-8(11)15(7)12/h1-3H,9-10,12H2,(H2,11,14). The van der Waals surface area contributed by atoms with E-state index in [4.69, 9.17) is 23.0 Å². The molecule has 0 fully saturated rings. The number of benzene rings is 1. The second-order valence-corrected chi connectivity index (χ2v) is 3.14. The summed E-state index contributed by atoms with van der Waals surface area (Å²) >= 11 is 0. The van der Waals surface area contributed by atoms with E-state index in [1.54, 1.807) is 18.2 Å². The molecule has 78 valence electrons. The minimum Gasteiger partial charge on any atom is -0.399 e. The smallest absolute Gasteiger partial charge is 0.241 e. The van der Waals surface area contributed by atoms with Crippen LogP contribution in [0, 0.1) is 0 Å². The molecule has 0 saturated heterocycles. The van der Waals surface area contributed by atoms with Gasteiger partial charge < -0.3 is 23.0 Å². The Morgan fingerprint density at radius 2 is 1.53 bits per heavy atom. The van der Waals surface area contributed by atoms with Crippen LogP contribution in [0.3, 0.4) is 0 Å². The molecule has 0 amide bonds. The Balaban J connectivity index is 2.58. The third-order valence-corrected chi connectivity index (χ3v) is 1.96. The molecule has 0 aliphatic carbocycles. The highest BCUT2D eigenvalue weighted by Gasteiger charge is 2.09. The summed E-state index contributed by atoms with van der Waals surface area (Å²) in [6.07, 6.45) is 0. The van der Waals surface area contributed by atoms with E-state index in [-0.39, 0.29) is 5.95 Å². The predicted octanol–water partition coefficient (Wildman–Crippen LogP) is -0.595. The van der Waals surface area contributed by atoms with Gasteiger partial charge in [0.25, 0.3) is 0 Å². The molecule has 0 saturated carbocycles. The van der Waals surface area contributed by atoms with Crippen LogP contribution in [-0.4, -0.2) is 14.9 Å². The van der Waals surface area contributed by atoms with Gasteiger partial charge in [0.15, 0.2) is 5.82 Å². The van der Waals surface area contributed by atoms with Gasteiger partial charge in [-0.2, -0.15) is 0 Å². The van der Waals surface area contributed by atoms with Crippen LogP contribution in [0.5, 0.6) is 0 Å². The van der Waals surface area contributed by atoms with E-state index < -0.39 is 0 Å². The van der Waals surface area contributed by atoms with Crippen LogP contribution in [0.25, 0.3) is 11.4 Å². The molecule has 8 N–H and O–H groups in total. The maximum Gasteiger partial charge on any atom is 0.241 e. The molecule has 0 aliphatic rings. The maximum atomic E-state index is 5.64. The molecule has 1 heterocycles. The summed E-state index contributed by atoms with van der Waals surface area (Å²) in [5.74, 6) is 6.17. The Kier molecular flexibility index (Phi) is 1.86. The van der Waals surface area contributed by atoms with Crippen molar-refractivity contribution in [3.63, 3.8) is 0 Å². The molecule has 0 spiro atoms. The summed E-state index contributed by atoms with van der Waals surface area (Å²) in [6, 6.07) is 5.04. The second kappa shape index (κ2) is 3.05. The van der Waals surface area contributed by atoms with Crippen LogP contribution < -0.4 is 23.0 Å². The number of nitrogens with two attached hydrogens (primary N) is 4. The molecule has 7 nitrogen and oxygen atoms in total. The fourth-order valence-electron chi connectivity index (χ4n) is 1.31. The molecule has 0 aliphatic heterocycles. The molecule has 2 rings (SSSR count). The second-order valence-electron chi connectivity index (χ2n) is 3.14. The fourth-order valence-corrected chi connectivity index (χ4v) is 1.31. The lowest BCUT2D eigenvalue weighted by molar-refractivity contribution is 1.02. The van der Waals surface area contributed by atoms with Crippen molar-refractivity contribution in [2.75, 3.05) is 23.0 Å². The van der Waals surface area contributed by atoms with Gasteiger partial charge in [-0.1, -0.05) is 0 Å². The number of hydrogen-bond donors (Lipinski definition) is 4. The lowest BCUT2D eigenvalue weighted by Gasteiger charge is -2.03. The highest BCUT2D eigenvalue weighted by molar-refractivity contribution is 5.68. The van der Waals surface area contributed by atoms with Gasteiger partial charge in [0, 0.05) is 16.9 Å². The Bertz CT molecular complexity index is 481. The van der Waals surface area contributed by atoms with E-state index in [0.717, 1.165) is 0 Å². The Morgan fingerprint density at radius 3 is 2.00 bits per heavy atom. The topological polar surface area (TPSA) is 135 Å². The zero-order valence-corrected chi connectivity index (χ0v) is 7.88. The van der Waals surface area contributed by atoms with E-state index in [0.29, 0.717) is 22.8 Å². The van der Waals surface area contributed by atoms with Gasteiger partial charge in [-0.15, -0.1) is 10.2 Å². The van der Waals surface area contributed by atoms with Crippen molar-refractivity contribution in [1.29, 1.82) is 0 Å². The largest absolute Gasteiger partial charge is 0.399 e. The van der Waals surface area contributed by atoms with Gasteiger partial charge >= 0.3 is 0 Å². The first-order valence-electron chi connectivity index (χ1n) is 4.20. The highest BCUT2D eigenvalue weighted by atomic mass is 15.4. The molecule has 7 heteroatoms. The van der Waals surface area contributed by atoms with Crippen LogP contribution in [0.4, 0.5) is 17.3 Å². The zero-order chi connectivity index (χ0) is 11.0. The first-order valence-corrected chi connectivity index (χ1v) is 4.20. The van der Waals surface area contributed by atoms with E-state index in [9.17, 15) is 0 Å². The summed E-state index contributed by atoms with van der Waals surface area (Å²) < 4.78 is 1.17. The Morgan fingerprint density at radius 1 is 0.933 bits per heavy atom. The van der Waals surface area contributed by atoms with Crippen LogP contribution in [0.15, 0.2) is 18.2 Å². The molecular weight excluding hydrogens is 194 g/mol. The Hall–Kier alpha value is -2.44. The lowest BCUT2D eigenvalue weighted by atomic mass is 10.1. The van der Waals surface area contributed by atoms with E-state index in [2.05, 4.69) is 10.2 Å². The maximum absolute atomic E-state index is 5.64. The molecule has 0 atom stereocenters. The van der Waals surface area contributed by atoms with Crippen molar-refractivity contribution in [1.82, 2.24) is 14.9 Å². The molecular formula is C8H11N7. The van der Waals surface area contributed by atoms with Crippen molar-refractivity contribution in [3.05, 3.63) is 18.2 Å². The predicted molar refractivity (Wildman–Crippen MR) is 58.8 cm³/mol. The number of nitrogen functional groups attached to an aromatic ring is 4. The zero-order valence-electron chi connectivity index (χ0n) is 7.88. The average molecular weight is 205 g/mol. The van der Waals surface area contributed by atoms with E-state index in [1.807, 2.05) is 0 Å². The fraction of sp³-hybridized carbons (Fsp3) is 0. The first-order chi connectivity index (χ1) is 7.08. The van der Waals surface area contributed by atoms with Crippen molar-refractivity contribution in [3.8, 4) is 11.4 Å². The SMILES string of the molecule is Nc1cc(N)cc(-c2nnc(N)n2N)c1. The monoisotopic (exact) mass is 205 g/mol. The molecule has 15 heavy (non-hydrogen) atoms. The van der Waals surface area contributed by atoms with E-state index >= 15 is 0 Å². The summed E-state index contributed by atoms with van der Waals surface area (Å²) in [5.41, 5.74) is 18.5. The van der Waals surface area contributed by atoms with Crippen LogP contribution in [0.2, 0.25) is 0 Å². The van der Waals surface area contributed by atoms with Gasteiger partial charge in [0.2, 0.25) is 5.95 Å². The van der Waals surface area contributed by atoms with E-state index in [1.165, 1.54) is 4.68 Å². The van der Waals surface area contributed by atoms with Crippen molar-refractivity contribution in [2.24, 2.45) is 0 Å². The number of nitrogens with zero attached hydrogens (tertiary/aromatic N) is 3. The summed E-state index contributed by atoms with van der Waals surface area (Å²) in [6.45, 7) is 0. The molecule has 2 aromatic rings. The van der Waals surface area contributed by atoms with Gasteiger partial charge in [-0.05, 0) is 18.2 Å². The molecule has 1 aromatic carbocycles. The summed E-state index contributed by atoms with van der Waals surface area (Å²) in [5, 5.41) is 7.46. The first kappa shape index (κ1) is 9.13. The van der Waals surface area contributed by atoms with Gasteiger partial charge in [-0.25, -0.2) is 4.68 Å².